The quantitative estimate of drug-likeness (QED) is 0.421. The summed E-state index contributed by atoms with van der Waals surface area (Å²) in [5.74, 6) is 0. The van der Waals surface area contributed by atoms with Crippen LogP contribution in [-0.4, -0.2) is 51.7 Å². The zero-order valence-corrected chi connectivity index (χ0v) is 25.3. The van der Waals surface area contributed by atoms with E-state index >= 15 is 0 Å². The molecule has 2 amide bonds. The number of rotatable bonds is 3. The molecule has 3 heterocycles. The van der Waals surface area contributed by atoms with Crippen molar-refractivity contribution in [2.45, 2.75) is 91.6 Å². The number of carbonyl (C=O) groups is 2. The van der Waals surface area contributed by atoms with Crippen LogP contribution in [0.2, 0.25) is 0 Å². The van der Waals surface area contributed by atoms with Crippen molar-refractivity contribution in [2.24, 2.45) is 0 Å². The lowest BCUT2D eigenvalue weighted by Gasteiger charge is -2.32. The van der Waals surface area contributed by atoms with Crippen molar-refractivity contribution in [2.75, 3.05) is 10.6 Å². The first-order valence-corrected chi connectivity index (χ1v) is 13.0. The van der Waals surface area contributed by atoms with Gasteiger partial charge in [0.25, 0.3) is 0 Å². The highest BCUT2D eigenvalue weighted by Gasteiger charge is 2.51. The molecule has 1 saturated heterocycles. The van der Waals surface area contributed by atoms with E-state index in [0.29, 0.717) is 11.4 Å². The largest absolute Gasteiger partial charge is 0.496 e. The molecule has 12 heteroatoms. The van der Waals surface area contributed by atoms with Crippen LogP contribution in [-0.2, 0) is 18.8 Å². The van der Waals surface area contributed by atoms with E-state index in [2.05, 4.69) is 36.5 Å². The van der Waals surface area contributed by atoms with Gasteiger partial charge in [-0.25, -0.2) is 9.59 Å². The van der Waals surface area contributed by atoms with Crippen LogP contribution in [0.25, 0.3) is 0 Å². The average Bonchev–Trinajstić information content (AvgIpc) is 2.93. The van der Waals surface area contributed by atoms with Crippen LogP contribution in [0, 0.1) is 0 Å². The number of nitrogens with one attached hydrogen (secondary N) is 2. The summed E-state index contributed by atoms with van der Waals surface area (Å²) in [7, 11) is -0.520. The second-order valence-electron chi connectivity index (χ2n) is 11.7. The van der Waals surface area contributed by atoms with E-state index in [9.17, 15) is 9.59 Å². The SMILES string of the molecule is CC(C)(C)OC(=O)Nc1cncc(B2OC(C)(C)C(C)(C)O2)c1.CC(C)(C)OC(=O)Nc1cncc(Br)c1. The van der Waals surface area contributed by atoms with Crippen LogP contribution >= 0.6 is 15.9 Å². The summed E-state index contributed by atoms with van der Waals surface area (Å²) < 4.78 is 23.1. The number of anilines is 2. The van der Waals surface area contributed by atoms with Crippen LogP contribution in [0.1, 0.15) is 69.2 Å². The van der Waals surface area contributed by atoms with Gasteiger partial charge in [-0.1, -0.05) is 0 Å². The minimum atomic E-state index is -0.555. The van der Waals surface area contributed by atoms with E-state index < -0.39 is 41.7 Å². The fourth-order valence-electron chi connectivity index (χ4n) is 2.96. The van der Waals surface area contributed by atoms with Gasteiger partial charge in [-0.05, 0) is 97.3 Å². The predicted octanol–water partition coefficient (Wildman–Crippen LogP) is 5.92. The van der Waals surface area contributed by atoms with Gasteiger partial charge in [-0.3, -0.25) is 20.6 Å². The van der Waals surface area contributed by atoms with Gasteiger partial charge in [-0.2, -0.15) is 0 Å². The molecular formula is C26H38BBrN4O6. The van der Waals surface area contributed by atoms with E-state index in [-0.39, 0.29) is 0 Å². The molecule has 0 aliphatic carbocycles. The Balaban J connectivity index is 0.000000293. The van der Waals surface area contributed by atoms with Gasteiger partial charge < -0.3 is 18.8 Å². The molecule has 0 radical (unpaired) electrons. The molecule has 1 aliphatic rings. The van der Waals surface area contributed by atoms with Crippen LogP contribution in [0.5, 0.6) is 0 Å². The number of nitrogens with zero attached hydrogens (tertiary/aromatic N) is 2. The molecule has 1 fully saturated rings. The Morgan fingerprint density at radius 1 is 0.789 bits per heavy atom. The molecule has 10 nitrogen and oxygen atoms in total. The minimum absolute atomic E-state index is 0.424. The molecule has 1 aliphatic heterocycles. The van der Waals surface area contributed by atoms with Crippen molar-refractivity contribution in [1.82, 2.24) is 9.97 Å². The first kappa shape index (κ1) is 31.5. The molecular weight excluding hydrogens is 555 g/mol. The van der Waals surface area contributed by atoms with E-state index in [4.69, 9.17) is 18.8 Å². The van der Waals surface area contributed by atoms with Gasteiger partial charge in [0.15, 0.2) is 0 Å². The number of ether oxygens (including phenoxy) is 2. The van der Waals surface area contributed by atoms with Crippen molar-refractivity contribution in [3.8, 4) is 0 Å². The van der Waals surface area contributed by atoms with Gasteiger partial charge in [0.2, 0.25) is 0 Å². The molecule has 3 rings (SSSR count). The Morgan fingerprint density at radius 2 is 1.21 bits per heavy atom. The van der Waals surface area contributed by atoms with Crippen LogP contribution < -0.4 is 16.1 Å². The topological polar surface area (TPSA) is 121 Å². The van der Waals surface area contributed by atoms with Crippen molar-refractivity contribution in [3.63, 3.8) is 0 Å². The summed E-state index contributed by atoms with van der Waals surface area (Å²) in [6.07, 6.45) is 5.41. The van der Waals surface area contributed by atoms with Gasteiger partial charge in [0, 0.05) is 22.3 Å². The monoisotopic (exact) mass is 592 g/mol. The summed E-state index contributed by atoms with van der Waals surface area (Å²) in [4.78, 5) is 31.3. The highest BCUT2D eigenvalue weighted by atomic mass is 79.9. The molecule has 2 aromatic rings. The Kier molecular flexibility index (Phi) is 9.96. The second-order valence-corrected chi connectivity index (χ2v) is 12.7. The normalized spacial score (nSPS) is 16.1. The Morgan fingerprint density at radius 3 is 1.63 bits per heavy atom. The third-order valence-electron chi connectivity index (χ3n) is 5.28. The zero-order valence-electron chi connectivity index (χ0n) is 23.8. The molecule has 208 valence electrons. The van der Waals surface area contributed by atoms with Crippen LogP contribution in [0.3, 0.4) is 0 Å². The lowest BCUT2D eigenvalue weighted by molar-refractivity contribution is 0.00578. The predicted molar refractivity (Wildman–Crippen MR) is 152 cm³/mol. The number of hydrogen-bond donors (Lipinski definition) is 2. The number of hydrogen-bond acceptors (Lipinski definition) is 8. The fourth-order valence-corrected chi connectivity index (χ4v) is 3.32. The highest BCUT2D eigenvalue weighted by Crippen LogP contribution is 2.36. The minimum Gasteiger partial charge on any atom is -0.444 e. The lowest BCUT2D eigenvalue weighted by atomic mass is 9.80. The molecule has 0 atom stereocenters. The summed E-state index contributed by atoms with van der Waals surface area (Å²) in [6, 6.07) is 3.52. The maximum atomic E-state index is 11.8. The van der Waals surface area contributed by atoms with Crippen molar-refractivity contribution < 1.29 is 28.4 Å². The second kappa shape index (κ2) is 12.0. The maximum absolute atomic E-state index is 11.8. The molecule has 2 N–H and O–H groups in total. The van der Waals surface area contributed by atoms with Gasteiger partial charge in [0.05, 0.1) is 35.0 Å². The Bertz CT molecular complexity index is 1120. The van der Waals surface area contributed by atoms with Crippen molar-refractivity contribution >= 4 is 52.1 Å². The summed E-state index contributed by atoms with van der Waals surface area (Å²) >= 11 is 3.26. The van der Waals surface area contributed by atoms with Gasteiger partial charge >= 0.3 is 19.3 Å². The first-order valence-electron chi connectivity index (χ1n) is 12.2. The number of amides is 2. The molecule has 38 heavy (non-hydrogen) atoms. The zero-order chi connectivity index (χ0) is 28.9. The molecule has 0 bridgehead atoms. The number of halogens is 1. The van der Waals surface area contributed by atoms with Gasteiger partial charge in [-0.15, -0.1) is 0 Å². The fraction of sp³-hybridized carbons (Fsp3) is 0.538. The van der Waals surface area contributed by atoms with Crippen LogP contribution in [0.4, 0.5) is 21.0 Å². The van der Waals surface area contributed by atoms with E-state index in [0.717, 1.165) is 9.94 Å². The highest BCUT2D eigenvalue weighted by molar-refractivity contribution is 9.10. The smallest absolute Gasteiger partial charge is 0.444 e. The first-order chi connectivity index (χ1) is 17.3. The molecule has 2 aromatic heterocycles. The van der Waals surface area contributed by atoms with E-state index in [1.807, 2.05) is 69.2 Å². The molecule has 0 spiro atoms. The number of pyridine rings is 2. The summed E-state index contributed by atoms with van der Waals surface area (Å²) in [6.45, 7) is 18.8. The Labute approximate surface area is 233 Å². The standard InChI is InChI=1S/C16H25BN2O4.C10H13BrN2O2/c1-14(2,3)21-13(20)19-12-8-11(9-18-10-12)17-22-15(4,5)16(6,7)23-17;1-10(2,3)15-9(14)13-8-4-7(11)5-12-6-8/h8-10H,1-7H3,(H,19,20);4-6H,1-3H3,(H,13,14). The summed E-state index contributed by atoms with van der Waals surface area (Å²) in [5, 5.41) is 5.25. The van der Waals surface area contributed by atoms with Crippen molar-refractivity contribution in [1.29, 1.82) is 0 Å². The number of carbonyl (C=O) groups excluding carboxylic acids is 2. The Hall–Kier alpha value is -2.70. The van der Waals surface area contributed by atoms with E-state index in [1.165, 1.54) is 0 Å². The van der Waals surface area contributed by atoms with Gasteiger partial charge in [0.1, 0.15) is 11.2 Å². The third kappa shape index (κ3) is 10.2. The number of aromatic nitrogens is 2. The van der Waals surface area contributed by atoms with Crippen LogP contribution in [0.15, 0.2) is 41.4 Å². The maximum Gasteiger partial charge on any atom is 0.496 e. The summed E-state index contributed by atoms with van der Waals surface area (Å²) in [5.41, 5.74) is -0.0228. The lowest BCUT2D eigenvalue weighted by Crippen LogP contribution is -2.41. The molecule has 0 aromatic carbocycles. The van der Waals surface area contributed by atoms with Crippen molar-refractivity contribution in [3.05, 3.63) is 41.4 Å². The molecule has 0 saturated carbocycles. The molecule has 0 unspecified atom stereocenters. The average molecular weight is 593 g/mol. The van der Waals surface area contributed by atoms with E-state index in [1.54, 1.807) is 36.9 Å². The third-order valence-corrected chi connectivity index (χ3v) is 5.71.